The summed E-state index contributed by atoms with van der Waals surface area (Å²) in [6, 6.07) is 17.4. The van der Waals surface area contributed by atoms with Gasteiger partial charge < -0.3 is 0 Å². The molecule has 0 N–H and O–H groups in total. The molecule has 3 rings (SSSR count). The number of hydrogen-bond acceptors (Lipinski definition) is 1. The van der Waals surface area contributed by atoms with Crippen LogP contribution in [0.2, 0.25) is 0 Å². The number of aryl methyl sites for hydroxylation is 1. The Morgan fingerprint density at radius 3 is 2.72 bits per heavy atom. The van der Waals surface area contributed by atoms with Gasteiger partial charge in [-0.2, -0.15) is 0 Å². The Bertz CT molecular complexity index is 664. The molecule has 0 atom stereocenters. The number of rotatable bonds is 2. The van der Waals surface area contributed by atoms with Crippen molar-refractivity contribution in [3.8, 4) is 0 Å². The molecule has 2 aromatic carbocycles. The zero-order valence-electron chi connectivity index (χ0n) is 10.1. The van der Waals surface area contributed by atoms with Crippen molar-refractivity contribution in [1.82, 2.24) is 0 Å². The summed E-state index contributed by atoms with van der Waals surface area (Å²) in [6.07, 6.45) is 1.02. The molecule has 0 aliphatic heterocycles. The second-order valence-corrected chi connectivity index (χ2v) is 6.58. The molecule has 0 aliphatic carbocycles. The molecule has 0 radical (unpaired) electrons. The van der Waals surface area contributed by atoms with Gasteiger partial charge in [0.25, 0.3) is 0 Å². The Hall–Kier alpha value is -1.12. The van der Waals surface area contributed by atoms with Gasteiger partial charge in [0.15, 0.2) is 0 Å². The predicted molar refractivity (Wildman–Crippen MR) is 83.5 cm³/mol. The first-order valence-electron chi connectivity index (χ1n) is 5.95. The highest BCUT2D eigenvalue weighted by Gasteiger charge is 2.05. The van der Waals surface area contributed by atoms with E-state index in [2.05, 4.69) is 71.4 Å². The molecule has 0 unspecified atom stereocenters. The lowest BCUT2D eigenvalue weighted by Gasteiger charge is -2.04. The fourth-order valence-electron chi connectivity index (χ4n) is 2.14. The minimum atomic E-state index is 1.02. The number of hydrogen-bond donors (Lipinski definition) is 0. The first-order chi connectivity index (χ1) is 8.72. The molecular weight excluding hydrogens is 304 g/mol. The fraction of sp³-hybridized carbons (Fsp3) is 0.125. The van der Waals surface area contributed by atoms with E-state index in [-0.39, 0.29) is 0 Å². The molecule has 0 spiro atoms. The van der Waals surface area contributed by atoms with E-state index in [1.54, 1.807) is 0 Å². The summed E-state index contributed by atoms with van der Waals surface area (Å²) in [6.45, 7) is 2.18. The highest BCUT2D eigenvalue weighted by Crippen LogP contribution is 2.28. The summed E-state index contributed by atoms with van der Waals surface area (Å²) < 4.78 is 2.53. The lowest BCUT2D eigenvalue weighted by molar-refractivity contribution is 1.19. The van der Waals surface area contributed by atoms with Crippen molar-refractivity contribution in [3.63, 3.8) is 0 Å². The maximum atomic E-state index is 3.55. The van der Waals surface area contributed by atoms with Crippen LogP contribution in [0.25, 0.3) is 10.1 Å². The number of thiophene rings is 1. The Morgan fingerprint density at radius 2 is 1.89 bits per heavy atom. The van der Waals surface area contributed by atoms with Gasteiger partial charge in [-0.25, -0.2) is 0 Å². The molecule has 0 nitrogen and oxygen atoms in total. The van der Waals surface area contributed by atoms with E-state index >= 15 is 0 Å². The largest absolute Gasteiger partial charge is 0.140 e. The topological polar surface area (TPSA) is 0 Å². The minimum absolute atomic E-state index is 1.02. The molecule has 18 heavy (non-hydrogen) atoms. The van der Waals surface area contributed by atoms with E-state index in [9.17, 15) is 0 Å². The molecule has 0 saturated carbocycles. The van der Waals surface area contributed by atoms with Crippen molar-refractivity contribution in [2.75, 3.05) is 0 Å². The molecule has 0 fully saturated rings. The van der Waals surface area contributed by atoms with Crippen molar-refractivity contribution in [1.29, 1.82) is 0 Å². The van der Waals surface area contributed by atoms with Crippen molar-refractivity contribution >= 4 is 37.4 Å². The average molecular weight is 317 g/mol. The van der Waals surface area contributed by atoms with E-state index < -0.39 is 0 Å². The number of fused-ring (bicyclic) bond motifs is 1. The second kappa shape index (κ2) is 4.87. The Morgan fingerprint density at radius 1 is 1.06 bits per heavy atom. The molecule has 1 aromatic heterocycles. The third-order valence-electron chi connectivity index (χ3n) is 3.15. The molecule has 1 heterocycles. The third-order valence-corrected chi connectivity index (χ3v) is 4.76. The maximum Gasteiger partial charge on any atom is 0.0345 e. The molecule has 3 aromatic rings. The Kier molecular flexibility index (Phi) is 3.23. The molecule has 2 heteroatoms. The van der Waals surface area contributed by atoms with Crippen LogP contribution in [0.5, 0.6) is 0 Å². The van der Waals surface area contributed by atoms with Crippen LogP contribution in [0.4, 0.5) is 0 Å². The van der Waals surface area contributed by atoms with Gasteiger partial charge in [0.05, 0.1) is 0 Å². The van der Waals surface area contributed by atoms with Crippen LogP contribution in [-0.2, 0) is 6.42 Å². The Balaban J connectivity index is 1.98. The van der Waals surface area contributed by atoms with Crippen molar-refractivity contribution < 1.29 is 0 Å². The summed E-state index contributed by atoms with van der Waals surface area (Å²) in [5, 5.41) is 1.35. The van der Waals surface area contributed by atoms with E-state index in [1.165, 1.54) is 26.1 Å². The standard InChI is InChI=1S/C16H13BrS/c1-11-6-7-14(17)8-13(11)10-15-9-12-4-2-3-5-16(12)18-15/h2-9H,10H2,1H3. The van der Waals surface area contributed by atoms with Gasteiger partial charge in [-0.05, 0) is 47.7 Å². The number of halogens is 1. The molecule has 0 amide bonds. The normalized spacial score (nSPS) is 11.0. The average Bonchev–Trinajstić information content (AvgIpc) is 2.76. The van der Waals surface area contributed by atoms with Crippen molar-refractivity contribution in [3.05, 3.63) is 69.0 Å². The van der Waals surface area contributed by atoms with Gasteiger partial charge in [-0.3, -0.25) is 0 Å². The first-order valence-corrected chi connectivity index (χ1v) is 7.56. The molecule has 0 aliphatic rings. The van der Waals surface area contributed by atoms with Gasteiger partial charge in [0, 0.05) is 20.5 Å². The zero-order valence-corrected chi connectivity index (χ0v) is 12.5. The summed E-state index contributed by atoms with van der Waals surface area (Å²) in [5.74, 6) is 0. The fourth-order valence-corrected chi connectivity index (χ4v) is 3.64. The summed E-state index contributed by atoms with van der Waals surface area (Å²) in [7, 11) is 0. The SMILES string of the molecule is Cc1ccc(Br)cc1Cc1cc2ccccc2s1. The lowest BCUT2D eigenvalue weighted by atomic mass is 10.1. The van der Waals surface area contributed by atoms with Gasteiger partial charge >= 0.3 is 0 Å². The number of benzene rings is 2. The van der Waals surface area contributed by atoms with Crippen LogP contribution >= 0.6 is 27.3 Å². The van der Waals surface area contributed by atoms with Gasteiger partial charge in [-0.15, -0.1) is 11.3 Å². The van der Waals surface area contributed by atoms with Gasteiger partial charge in [0.2, 0.25) is 0 Å². The third kappa shape index (κ3) is 2.36. The highest BCUT2D eigenvalue weighted by molar-refractivity contribution is 9.10. The van der Waals surface area contributed by atoms with Crippen LogP contribution in [0.15, 0.2) is 53.0 Å². The first kappa shape index (κ1) is 11.9. The van der Waals surface area contributed by atoms with Crippen molar-refractivity contribution in [2.24, 2.45) is 0 Å². The zero-order chi connectivity index (χ0) is 12.5. The maximum absolute atomic E-state index is 3.55. The second-order valence-electron chi connectivity index (χ2n) is 4.50. The van der Waals surface area contributed by atoms with Crippen LogP contribution in [0, 0.1) is 6.92 Å². The van der Waals surface area contributed by atoms with E-state index in [1.807, 2.05) is 11.3 Å². The van der Waals surface area contributed by atoms with E-state index in [4.69, 9.17) is 0 Å². The van der Waals surface area contributed by atoms with Crippen LogP contribution in [-0.4, -0.2) is 0 Å². The Labute approximate surface area is 119 Å². The molecular formula is C16H13BrS. The van der Waals surface area contributed by atoms with Crippen LogP contribution in [0.3, 0.4) is 0 Å². The summed E-state index contributed by atoms with van der Waals surface area (Å²) in [5.41, 5.74) is 2.76. The van der Waals surface area contributed by atoms with Crippen molar-refractivity contribution in [2.45, 2.75) is 13.3 Å². The highest BCUT2D eigenvalue weighted by atomic mass is 79.9. The lowest BCUT2D eigenvalue weighted by Crippen LogP contribution is -1.89. The summed E-state index contributed by atoms with van der Waals surface area (Å²) >= 11 is 5.44. The smallest absolute Gasteiger partial charge is 0.0345 e. The molecule has 90 valence electrons. The molecule has 0 bridgehead atoms. The monoisotopic (exact) mass is 316 g/mol. The minimum Gasteiger partial charge on any atom is -0.140 e. The quantitative estimate of drug-likeness (QED) is 0.580. The van der Waals surface area contributed by atoms with Crippen LogP contribution in [0.1, 0.15) is 16.0 Å². The molecule has 0 saturated heterocycles. The van der Waals surface area contributed by atoms with Gasteiger partial charge in [0.1, 0.15) is 0 Å². The van der Waals surface area contributed by atoms with E-state index in [0.717, 1.165) is 10.9 Å². The van der Waals surface area contributed by atoms with Crippen LogP contribution < -0.4 is 0 Å². The van der Waals surface area contributed by atoms with Gasteiger partial charge in [-0.1, -0.05) is 40.2 Å². The summed E-state index contributed by atoms with van der Waals surface area (Å²) in [4.78, 5) is 1.43. The predicted octanol–water partition coefficient (Wildman–Crippen LogP) is 5.56. The van der Waals surface area contributed by atoms with E-state index in [0.29, 0.717) is 0 Å².